The number of thiazole rings is 1. The topological polar surface area (TPSA) is 90.7 Å². The van der Waals surface area contributed by atoms with E-state index in [4.69, 9.17) is 17.2 Å². The number of aliphatic carboxylic acids is 1. The largest absolute Gasteiger partial charge is 0.501 e. The fourth-order valence-corrected chi connectivity index (χ4v) is 5.79. The normalized spacial score (nSPS) is 14.1. The Kier molecular flexibility index (Phi) is 9.58. The Balaban J connectivity index is 2.64. The van der Waals surface area contributed by atoms with Crippen LogP contribution in [0.15, 0.2) is 18.2 Å². The van der Waals surface area contributed by atoms with E-state index in [1.54, 1.807) is 17.0 Å². The summed E-state index contributed by atoms with van der Waals surface area (Å²) in [6.45, 7) is 9.14. The number of carbonyl (C=O) groups is 2. The lowest BCUT2D eigenvalue weighted by molar-refractivity contribution is -0.144. The first-order chi connectivity index (χ1) is 15.3. The van der Waals surface area contributed by atoms with E-state index in [9.17, 15) is 19.8 Å². The molecule has 1 heterocycles. The summed E-state index contributed by atoms with van der Waals surface area (Å²) in [5, 5.41) is 21.1. The zero-order valence-corrected chi connectivity index (χ0v) is 21.0. The van der Waals surface area contributed by atoms with Gasteiger partial charge in [0.15, 0.2) is 5.05 Å². The Hall–Kier alpha value is -2.06. The van der Waals surface area contributed by atoms with Gasteiger partial charge >= 0.3 is 5.97 Å². The predicted molar refractivity (Wildman–Crippen MR) is 134 cm³/mol. The van der Waals surface area contributed by atoms with Crippen LogP contribution in [0, 0.1) is 5.92 Å². The van der Waals surface area contributed by atoms with Crippen molar-refractivity contribution in [3.63, 3.8) is 0 Å². The van der Waals surface area contributed by atoms with Crippen LogP contribution < -0.4 is 0 Å². The lowest BCUT2D eigenvalue weighted by Crippen LogP contribution is -2.46. The average molecular weight is 479 g/mol. The second-order valence-corrected chi connectivity index (χ2v) is 9.51. The molecule has 2 atom stereocenters. The van der Waals surface area contributed by atoms with Crippen LogP contribution in [0.4, 0.5) is 0 Å². The summed E-state index contributed by atoms with van der Waals surface area (Å²) in [5.41, 5.74) is -0.0525. The highest BCUT2D eigenvalue weighted by Crippen LogP contribution is 2.44. The zero-order valence-electron chi connectivity index (χ0n) is 19.4. The molecule has 2 aromatic rings. The molecule has 0 aliphatic carbocycles. The van der Waals surface area contributed by atoms with Crippen LogP contribution in [0.1, 0.15) is 81.6 Å². The molecule has 0 saturated carbocycles. The molecule has 1 aromatic heterocycles. The van der Waals surface area contributed by atoms with Crippen LogP contribution in [0.3, 0.4) is 0 Å². The van der Waals surface area contributed by atoms with Crippen molar-refractivity contribution in [1.29, 1.82) is 0 Å². The van der Waals surface area contributed by atoms with Crippen molar-refractivity contribution in [2.45, 2.75) is 71.6 Å². The molecule has 8 heteroatoms. The fourth-order valence-electron chi connectivity index (χ4n) is 4.17. The molecule has 6 nitrogen and oxygen atoms in total. The summed E-state index contributed by atoms with van der Waals surface area (Å²) in [6, 6.07) is 5.38. The number of nitrogens with zero attached hydrogens (tertiary/aromatic N) is 2. The highest BCUT2D eigenvalue weighted by atomic mass is 32.1. The molecule has 2 N–H and O–H groups in total. The summed E-state index contributed by atoms with van der Waals surface area (Å²) < 4.78 is 0.841. The first-order valence-corrected chi connectivity index (χ1v) is 12.7. The molecule has 0 spiro atoms. The highest BCUT2D eigenvalue weighted by molar-refractivity contribution is 7.80. The SMILES string of the molecule is CCCCC(C(=O)O)C(CCCC)(C(O)=S)c1nc2cc(C(=O)N(CC)CC)ccc2s1. The number of benzene rings is 1. The van der Waals surface area contributed by atoms with E-state index in [2.05, 4.69) is 0 Å². The van der Waals surface area contributed by atoms with Gasteiger partial charge < -0.3 is 15.1 Å². The number of aliphatic hydroxyl groups excluding tert-OH is 1. The monoisotopic (exact) mass is 478 g/mol. The van der Waals surface area contributed by atoms with Crippen molar-refractivity contribution in [3.8, 4) is 0 Å². The van der Waals surface area contributed by atoms with Crippen LogP contribution in [0.5, 0.6) is 0 Å². The van der Waals surface area contributed by atoms with Crippen LogP contribution in [-0.4, -0.2) is 50.1 Å². The Labute approximate surface area is 199 Å². The third-order valence-electron chi connectivity index (χ3n) is 6.11. The number of carbonyl (C=O) groups excluding carboxylic acids is 1. The van der Waals surface area contributed by atoms with Crippen molar-refractivity contribution in [3.05, 3.63) is 28.8 Å². The maximum Gasteiger partial charge on any atom is 0.307 e. The van der Waals surface area contributed by atoms with E-state index >= 15 is 0 Å². The summed E-state index contributed by atoms with van der Waals surface area (Å²) in [4.78, 5) is 31.6. The first kappa shape index (κ1) is 26.2. The van der Waals surface area contributed by atoms with E-state index in [0.29, 0.717) is 42.0 Å². The van der Waals surface area contributed by atoms with Gasteiger partial charge in [-0.1, -0.05) is 39.5 Å². The molecule has 32 heavy (non-hydrogen) atoms. The average Bonchev–Trinajstić information content (AvgIpc) is 3.19. The standard InChI is InChI=1S/C24H34N2O4S2/c1-5-9-11-17(21(28)29)24(23(30)31,14-10-6-2)22-25-18-15-16(12-13-19(18)32-22)20(27)26(7-3)8-4/h12-13,15,17H,5-11,14H2,1-4H3,(H,28,29)(H,30,31). The molecule has 176 valence electrons. The fraction of sp³-hybridized carbons (Fsp3) is 0.583. The van der Waals surface area contributed by atoms with Crippen LogP contribution in [0.2, 0.25) is 0 Å². The number of rotatable bonds is 13. The van der Waals surface area contributed by atoms with Gasteiger partial charge in [0.2, 0.25) is 0 Å². The quantitative estimate of drug-likeness (QED) is 0.344. The lowest BCUT2D eigenvalue weighted by atomic mass is 9.70. The molecule has 0 radical (unpaired) electrons. The second kappa shape index (κ2) is 11.7. The predicted octanol–water partition coefficient (Wildman–Crippen LogP) is 5.98. The third-order valence-corrected chi connectivity index (χ3v) is 7.69. The van der Waals surface area contributed by atoms with Crippen LogP contribution >= 0.6 is 23.6 Å². The van der Waals surface area contributed by atoms with Crippen molar-refractivity contribution in [2.24, 2.45) is 5.92 Å². The van der Waals surface area contributed by atoms with Gasteiger partial charge in [-0.3, -0.25) is 9.59 Å². The smallest absolute Gasteiger partial charge is 0.307 e. The number of carboxylic acids is 1. The van der Waals surface area contributed by atoms with Gasteiger partial charge in [0.1, 0.15) is 10.4 Å². The van der Waals surface area contributed by atoms with Crippen molar-refractivity contribution >= 4 is 50.7 Å². The second-order valence-electron chi connectivity index (χ2n) is 8.09. The number of fused-ring (bicyclic) bond motifs is 1. The van der Waals surface area contributed by atoms with Crippen molar-refractivity contribution in [1.82, 2.24) is 9.88 Å². The van der Waals surface area contributed by atoms with E-state index in [-0.39, 0.29) is 11.0 Å². The molecule has 0 fully saturated rings. The molecular weight excluding hydrogens is 444 g/mol. The van der Waals surface area contributed by atoms with Gasteiger partial charge in [0.25, 0.3) is 5.91 Å². The molecule has 1 aromatic carbocycles. The van der Waals surface area contributed by atoms with Gasteiger partial charge in [0, 0.05) is 18.7 Å². The molecule has 0 aliphatic rings. The van der Waals surface area contributed by atoms with E-state index in [1.165, 1.54) is 11.3 Å². The Bertz CT molecular complexity index is 955. The molecule has 0 bridgehead atoms. The summed E-state index contributed by atoms with van der Waals surface area (Å²) in [7, 11) is 0. The van der Waals surface area contributed by atoms with Gasteiger partial charge in [0.05, 0.1) is 16.1 Å². The number of carboxylic acid groups (broad SMARTS) is 1. The zero-order chi connectivity index (χ0) is 23.9. The maximum absolute atomic E-state index is 12.8. The highest BCUT2D eigenvalue weighted by Gasteiger charge is 2.50. The molecular formula is C24H34N2O4S2. The first-order valence-electron chi connectivity index (χ1n) is 11.4. The van der Waals surface area contributed by atoms with Gasteiger partial charge in [-0.2, -0.15) is 0 Å². The minimum atomic E-state index is -1.22. The number of aromatic nitrogens is 1. The van der Waals surface area contributed by atoms with Gasteiger partial charge in [-0.25, -0.2) is 4.98 Å². The molecule has 0 saturated heterocycles. The number of hydrogen-bond acceptors (Lipinski definition) is 5. The van der Waals surface area contributed by atoms with Gasteiger partial charge in [-0.15, -0.1) is 11.3 Å². The summed E-state index contributed by atoms with van der Waals surface area (Å²) in [5.74, 6) is -1.89. The van der Waals surface area contributed by atoms with Crippen LogP contribution in [-0.2, 0) is 10.2 Å². The Morgan fingerprint density at radius 3 is 2.31 bits per heavy atom. The van der Waals surface area contributed by atoms with Crippen molar-refractivity contribution < 1.29 is 19.8 Å². The minimum absolute atomic E-state index is 0.0623. The summed E-state index contributed by atoms with van der Waals surface area (Å²) >= 11 is 6.66. The minimum Gasteiger partial charge on any atom is -0.501 e. The molecule has 2 rings (SSSR count). The number of unbranched alkanes of at least 4 members (excludes halogenated alkanes) is 2. The van der Waals surface area contributed by atoms with Gasteiger partial charge in [-0.05, 0) is 57.1 Å². The molecule has 2 unspecified atom stereocenters. The van der Waals surface area contributed by atoms with E-state index in [1.807, 2.05) is 33.8 Å². The van der Waals surface area contributed by atoms with E-state index < -0.39 is 17.3 Å². The Morgan fingerprint density at radius 2 is 1.78 bits per heavy atom. The summed E-state index contributed by atoms with van der Waals surface area (Å²) in [6.07, 6.45) is 3.97. The third kappa shape index (κ3) is 5.29. The van der Waals surface area contributed by atoms with Crippen molar-refractivity contribution in [2.75, 3.05) is 13.1 Å². The Morgan fingerprint density at radius 1 is 1.12 bits per heavy atom. The number of amides is 1. The lowest BCUT2D eigenvalue weighted by Gasteiger charge is -2.35. The maximum atomic E-state index is 12.8. The molecule has 0 aliphatic heterocycles. The van der Waals surface area contributed by atoms with E-state index in [0.717, 1.165) is 30.4 Å². The number of aliphatic hydroxyl groups is 1. The molecule has 1 amide bonds. The number of hydrogen-bond donors (Lipinski definition) is 2. The number of thiocarbonyl (C=S) groups is 1. The van der Waals surface area contributed by atoms with Crippen LogP contribution in [0.25, 0.3) is 10.2 Å².